The summed E-state index contributed by atoms with van der Waals surface area (Å²) in [7, 11) is -0.353. The topological polar surface area (TPSA) is 9.23 Å². The van der Waals surface area contributed by atoms with Crippen molar-refractivity contribution in [2.24, 2.45) is 0 Å². The average Bonchev–Trinajstić information content (AvgIpc) is 1.85. The first kappa shape index (κ1) is 6.68. The molecule has 0 aromatic carbocycles. The first-order valence-electron chi connectivity index (χ1n) is 2.53. The minimum Gasteiger partial charge on any atom is -0.330 e. The van der Waals surface area contributed by atoms with Gasteiger partial charge in [-0.1, -0.05) is 0 Å². The normalized spacial score (nSPS) is 37.6. The van der Waals surface area contributed by atoms with Gasteiger partial charge < -0.3 is 4.31 Å². The van der Waals surface area contributed by atoms with Gasteiger partial charge in [0.25, 0.3) is 0 Å². The van der Waals surface area contributed by atoms with Crippen LogP contribution in [0, 0.1) is 0 Å². The second-order valence-corrected chi connectivity index (χ2v) is 5.60. The lowest BCUT2D eigenvalue weighted by atomic mass is 10.8. The van der Waals surface area contributed by atoms with Gasteiger partial charge in [-0.05, 0) is 31.4 Å². The molecule has 1 aliphatic rings. The summed E-state index contributed by atoms with van der Waals surface area (Å²) in [6.45, 7) is 6.45. The van der Waals surface area contributed by atoms with E-state index in [1.165, 1.54) is 5.31 Å². The summed E-state index contributed by atoms with van der Waals surface area (Å²) in [6, 6.07) is 0. The Morgan fingerprint density at radius 2 is 2.12 bits per heavy atom. The molecular formula is C5H10OP2. The third kappa shape index (κ3) is 1.29. The number of hydrogen-bond acceptors (Lipinski definition) is 1. The van der Waals surface area contributed by atoms with Crippen molar-refractivity contribution in [3.05, 3.63) is 11.1 Å². The monoisotopic (exact) mass is 148 g/mol. The number of hydrogen-bond donors (Lipinski definition) is 0. The van der Waals surface area contributed by atoms with Gasteiger partial charge in [-0.25, -0.2) is 0 Å². The Bertz CT molecular complexity index is 122. The SMILES string of the molecule is CC1=CP(C)OP1C. The van der Waals surface area contributed by atoms with E-state index in [1.807, 2.05) is 0 Å². The minimum atomic E-state index is -0.177. The summed E-state index contributed by atoms with van der Waals surface area (Å²) >= 11 is 0. The predicted octanol–water partition coefficient (Wildman–Crippen LogP) is 2.93. The summed E-state index contributed by atoms with van der Waals surface area (Å²) < 4.78 is 5.51. The maximum absolute atomic E-state index is 5.51. The maximum Gasteiger partial charge on any atom is 0.0582 e. The molecule has 0 radical (unpaired) electrons. The van der Waals surface area contributed by atoms with Gasteiger partial charge in [0, 0.05) is 0 Å². The maximum atomic E-state index is 5.51. The largest absolute Gasteiger partial charge is 0.330 e. The molecule has 1 rings (SSSR count). The van der Waals surface area contributed by atoms with Crippen LogP contribution in [0.15, 0.2) is 11.1 Å². The van der Waals surface area contributed by atoms with Crippen molar-refractivity contribution in [1.29, 1.82) is 0 Å². The fourth-order valence-electron chi connectivity index (χ4n) is 0.626. The number of rotatable bonds is 0. The Kier molecular flexibility index (Phi) is 2.03. The van der Waals surface area contributed by atoms with Gasteiger partial charge in [-0.15, -0.1) is 0 Å². The van der Waals surface area contributed by atoms with Crippen LogP contribution in [0.3, 0.4) is 0 Å². The molecule has 1 aliphatic heterocycles. The second-order valence-electron chi connectivity index (χ2n) is 1.90. The highest BCUT2D eigenvalue weighted by Gasteiger charge is 2.15. The van der Waals surface area contributed by atoms with Crippen LogP contribution in [-0.4, -0.2) is 13.3 Å². The van der Waals surface area contributed by atoms with Crippen molar-refractivity contribution in [3.8, 4) is 0 Å². The van der Waals surface area contributed by atoms with Gasteiger partial charge in [0.2, 0.25) is 0 Å². The zero-order valence-electron chi connectivity index (χ0n) is 5.38. The van der Waals surface area contributed by atoms with Crippen molar-refractivity contribution in [2.45, 2.75) is 6.92 Å². The van der Waals surface area contributed by atoms with Gasteiger partial charge >= 0.3 is 0 Å². The van der Waals surface area contributed by atoms with Gasteiger partial charge in [-0.2, -0.15) is 0 Å². The van der Waals surface area contributed by atoms with E-state index in [-0.39, 0.29) is 16.3 Å². The zero-order chi connectivity index (χ0) is 6.15. The third-order valence-corrected chi connectivity index (χ3v) is 5.20. The molecule has 0 saturated carbocycles. The molecule has 0 aromatic rings. The molecule has 0 bridgehead atoms. The molecule has 0 N–H and O–H groups in total. The van der Waals surface area contributed by atoms with Gasteiger partial charge in [0.15, 0.2) is 0 Å². The smallest absolute Gasteiger partial charge is 0.0582 e. The van der Waals surface area contributed by atoms with Crippen LogP contribution in [0.1, 0.15) is 6.92 Å². The van der Waals surface area contributed by atoms with Crippen LogP contribution in [-0.2, 0) is 4.31 Å². The third-order valence-electron chi connectivity index (χ3n) is 1.12. The van der Waals surface area contributed by atoms with E-state index in [2.05, 4.69) is 26.1 Å². The standard InChI is InChI=1S/C5H10OP2/c1-5-4-7(2)6-8(5)3/h4H,1-3H3. The van der Waals surface area contributed by atoms with Crippen molar-refractivity contribution in [2.75, 3.05) is 13.3 Å². The van der Waals surface area contributed by atoms with Crippen molar-refractivity contribution in [1.82, 2.24) is 0 Å². The Balaban J connectivity index is 2.59. The quantitative estimate of drug-likeness (QED) is 0.480. The van der Waals surface area contributed by atoms with E-state index in [0.717, 1.165) is 0 Å². The summed E-state index contributed by atoms with van der Waals surface area (Å²) in [5, 5.41) is 1.45. The summed E-state index contributed by atoms with van der Waals surface area (Å²) in [6.07, 6.45) is 0. The molecular weight excluding hydrogens is 138 g/mol. The highest BCUT2D eigenvalue weighted by Crippen LogP contribution is 2.62. The van der Waals surface area contributed by atoms with Crippen LogP contribution in [0.5, 0.6) is 0 Å². The summed E-state index contributed by atoms with van der Waals surface area (Å²) in [5.74, 6) is 2.25. The van der Waals surface area contributed by atoms with Crippen molar-refractivity contribution < 1.29 is 4.31 Å². The van der Waals surface area contributed by atoms with Crippen molar-refractivity contribution in [3.63, 3.8) is 0 Å². The van der Waals surface area contributed by atoms with Crippen LogP contribution in [0.25, 0.3) is 0 Å². The molecule has 0 aromatic heterocycles. The molecule has 2 atom stereocenters. The van der Waals surface area contributed by atoms with E-state index in [4.69, 9.17) is 4.31 Å². The van der Waals surface area contributed by atoms with E-state index in [1.54, 1.807) is 0 Å². The fourth-order valence-corrected chi connectivity index (χ4v) is 4.54. The molecule has 1 nitrogen and oxygen atoms in total. The van der Waals surface area contributed by atoms with Crippen LogP contribution >= 0.6 is 16.3 Å². The molecule has 0 spiro atoms. The average molecular weight is 148 g/mol. The highest BCUT2D eigenvalue weighted by molar-refractivity contribution is 7.72. The lowest BCUT2D eigenvalue weighted by Crippen LogP contribution is -1.64. The van der Waals surface area contributed by atoms with E-state index >= 15 is 0 Å². The molecule has 0 amide bonds. The summed E-state index contributed by atoms with van der Waals surface area (Å²) in [4.78, 5) is 0. The number of allylic oxidation sites excluding steroid dienone is 1. The first-order chi connectivity index (χ1) is 3.70. The second kappa shape index (κ2) is 2.43. The fraction of sp³-hybridized carbons (Fsp3) is 0.600. The molecule has 0 aliphatic carbocycles. The lowest BCUT2D eigenvalue weighted by Gasteiger charge is -2.04. The Morgan fingerprint density at radius 3 is 2.25 bits per heavy atom. The van der Waals surface area contributed by atoms with Crippen LogP contribution in [0.4, 0.5) is 0 Å². The van der Waals surface area contributed by atoms with Crippen molar-refractivity contribution >= 4 is 16.3 Å². The Hall–Kier alpha value is 0.560. The zero-order valence-corrected chi connectivity index (χ0v) is 7.17. The first-order valence-corrected chi connectivity index (χ1v) is 6.01. The van der Waals surface area contributed by atoms with E-state index < -0.39 is 0 Å². The van der Waals surface area contributed by atoms with Gasteiger partial charge in [-0.3, -0.25) is 0 Å². The van der Waals surface area contributed by atoms with E-state index in [9.17, 15) is 0 Å². The highest BCUT2D eigenvalue weighted by atomic mass is 31.2. The van der Waals surface area contributed by atoms with Crippen LogP contribution in [0.2, 0.25) is 0 Å². The molecule has 46 valence electrons. The molecule has 0 saturated heterocycles. The molecule has 1 heterocycles. The Labute approximate surface area is 52.8 Å². The molecule has 2 unspecified atom stereocenters. The Morgan fingerprint density at radius 1 is 1.50 bits per heavy atom. The van der Waals surface area contributed by atoms with E-state index in [0.29, 0.717) is 0 Å². The molecule has 3 heteroatoms. The molecule has 0 fully saturated rings. The predicted molar refractivity (Wildman–Crippen MR) is 40.5 cm³/mol. The van der Waals surface area contributed by atoms with Crippen LogP contribution < -0.4 is 0 Å². The molecule has 8 heavy (non-hydrogen) atoms. The van der Waals surface area contributed by atoms with Gasteiger partial charge in [0.1, 0.15) is 0 Å². The van der Waals surface area contributed by atoms with Gasteiger partial charge in [0.05, 0.1) is 16.3 Å². The lowest BCUT2D eigenvalue weighted by molar-refractivity contribution is 0.715. The summed E-state index contributed by atoms with van der Waals surface area (Å²) in [5.41, 5.74) is 0. The minimum absolute atomic E-state index is 0.176.